The Bertz CT molecular complexity index is 272. The van der Waals surface area contributed by atoms with Crippen molar-refractivity contribution in [2.24, 2.45) is 0 Å². The molecule has 0 radical (unpaired) electrons. The van der Waals surface area contributed by atoms with Gasteiger partial charge in [0.2, 0.25) is 0 Å². The summed E-state index contributed by atoms with van der Waals surface area (Å²) in [6, 6.07) is 9.47. The molecule has 13 heavy (non-hydrogen) atoms. The third-order valence-electron chi connectivity index (χ3n) is 1.86. The van der Waals surface area contributed by atoms with E-state index in [0.29, 0.717) is 13.1 Å². The first-order chi connectivity index (χ1) is 6.24. The number of amides is 1. The first-order valence-corrected chi connectivity index (χ1v) is 4.24. The zero-order valence-corrected chi connectivity index (χ0v) is 7.56. The minimum absolute atomic E-state index is 0.402. The minimum atomic E-state index is -1.12. The van der Waals surface area contributed by atoms with Crippen molar-refractivity contribution in [1.82, 2.24) is 4.90 Å². The summed E-state index contributed by atoms with van der Waals surface area (Å²) in [5.74, 6) is 0. The molecule has 0 aliphatic heterocycles. The zero-order chi connectivity index (χ0) is 9.68. The Morgan fingerprint density at radius 1 is 1.38 bits per heavy atom. The second kappa shape index (κ2) is 4.50. The van der Waals surface area contributed by atoms with Gasteiger partial charge in [0.1, 0.15) is 6.09 Å². The molecular weight excluding hydrogens is 166 g/mol. The van der Waals surface area contributed by atoms with Gasteiger partial charge in [-0.25, -0.2) is 0 Å². The first-order valence-electron chi connectivity index (χ1n) is 4.24. The molecule has 0 atom stereocenters. The summed E-state index contributed by atoms with van der Waals surface area (Å²) >= 11 is 0. The summed E-state index contributed by atoms with van der Waals surface area (Å²) < 4.78 is 0. The van der Waals surface area contributed by atoms with Crippen LogP contribution in [0.15, 0.2) is 30.3 Å². The Labute approximate surface area is 77.6 Å². The smallest absolute Gasteiger partial charge is 0.137 e. The van der Waals surface area contributed by atoms with Gasteiger partial charge in [0.25, 0.3) is 0 Å². The fourth-order valence-corrected chi connectivity index (χ4v) is 1.11. The Balaban J connectivity index is 2.62. The number of benzene rings is 1. The molecule has 0 unspecified atom stereocenters. The van der Waals surface area contributed by atoms with E-state index in [4.69, 9.17) is 0 Å². The maximum absolute atomic E-state index is 10.5. The predicted molar refractivity (Wildman–Crippen MR) is 47.9 cm³/mol. The van der Waals surface area contributed by atoms with E-state index in [-0.39, 0.29) is 0 Å². The lowest BCUT2D eigenvalue weighted by Crippen LogP contribution is -2.40. The van der Waals surface area contributed by atoms with Crippen LogP contribution in [0.25, 0.3) is 0 Å². The number of nitrogens with zero attached hydrogens (tertiary/aromatic N) is 1. The molecule has 0 saturated heterocycles. The highest BCUT2D eigenvalue weighted by Gasteiger charge is 2.01. The third-order valence-corrected chi connectivity index (χ3v) is 1.86. The fourth-order valence-electron chi connectivity index (χ4n) is 1.11. The van der Waals surface area contributed by atoms with Crippen LogP contribution in [0.2, 0.25) is 0 Å². The van der Waals surface area contributed by atoms with Gasteiger partial charge in [-0.2, -0.15) is 0 Å². The van der Waals surface area contributed by atoms with Crippen LogP contribution in [-0.4, -0.2) is 17.5 Å². The summed E-state index contributed by atoms with van der Waals surface area (Å²) in [4.78, 5) is 11.8. The van der Waals surface area contributed by atoms with Gasteiger partial charge in [-0.3, -0.25) is 0 Å². The van der Waals surface area contributed by atoms with Gasteiger partial charge < -0.3 is 14.8 Å². The highest BCUT2D eigenvalue weighted by molar-refractivity contribution is 5.62. The number of carbonyl (C=O) groups excluding carboxylic acids is 1. The first kappa shape index (κ1) is 9.58. The van der Waals surface area contributed by atoms with Gasteiger partial charge in [-0.05, 0) is 12.5 Å². The molecule has 3 nitrogen and oxygen atoms in total. The molecule has 0 N–H and O–H groups in total. The van der Waals surface area contributed by atoms with E-state index in [0.717, 1.165) is 5.56 Å². The Morgan fingerprint density at radius 2 is 2.00 bits per heavy atom. The van der Waals surface area contributed by atoms with E-state index in [1.165, 1.54) is 4.90 Å². The van der Waals surface area contributed by atoms with Crippen molar-refractivity contribution in [2.75, 3.05) is 6.54 Å². The average Bonchev–Trinajstić information content (AvgIpc) is 2.15. The van der Waals surface area contributed by atoms with E-state index in [2.05, 4.69) is 0 Å². The quantitative estimate of drug-likeness (QED) is 0.688. The summed E-state index contributed by atoms with van der Waals surface area (Å²) in [5.41, 5.74) is 0.980. The van der Waals surface area contributed by atoms with Crippen LogP contribution in [0.1, 0.15) is 12.5 Å². The molecule has 0 aliphatic rings. The van der Waals surface area contributed by atoms with Gasteiger partial charge in [0.15, 0.2) is 0 Å². The number of rotatable bonds is 3. The van der Waals surface area contributed by atoms with Crippen molar-refractivity contribution in [3.05, 3.63) is 35.9 Å². The van der Waals surface area contributed by atoms with E-state index >= 15 is 0 Å². The van der Waals surface area contributed by atoms with E-state index in [9.17, 15) is 9.90 Å². The number of carboxylic acid groups (broad SMARTS) is 1. The van der Waals surface area contributed by atoms with Crippen LogP contribution in [0, 0.1) is 0 Å². The molecule has 0 bridgehead atoms. The van der Waals surface area contributed by atoms with E-state index < -0.39 is 6.09 Å². The average molecular weight is 178 g/mol. The van der Waals surface area contributed by atoms with E-state index in [1.807, 2.05) is 30.3 Å². The van der Waals surface area contributed by atoms with Gasteiger partial charge in [0.05, 0.1) is 0 Å². The van der Waals surface area contributed by atoms with E-state index in [1.54, 1.807) is 6.92 Å². The topological polar surface area (TPSA) is 43.4 Å². The van der Waals surface area contributed by atoms with Crippen LogP contribution < -0.4 is 5.11 Å². The van der Waals surface area contributed by atoms with Gasteiger partial charge >= 0.3 is 0 Å². The second-order valence-electron chi connectivity index (χ2n) is 2.77. The third kappa shape index (κ3) is 2.78. The van der Waals surface area contributed by atoms with Crippen LogP contribution in [0.5, 0.6) is 0 Å². The zero-order valence-electron chi connectivity index (χ0n) is 7.56. The van der Waals surface area contributed by atoms with Crippen molar-refractivity contribution in [3.8, 4) is 0 Å². The molecule has 1 amide bonds. The van der Waals surface area contributed by atoms with Crippen molar-refractivity contribution in [2.45, 2.75) is 13.5 Å². The molecule has 0 saturated carbocycles. The standard InChI is InChI=1S/C10H13NO2/c1-2-11(10(12)13)8-9-6-4-3-5-7-9/h3-7H,2,8H2,1H3,(H,12,13)/p-1. The SMILES string of the molecule is CCN(Cc1ccccc1)C(=O)[O-]. The highest BCUT2D eigenvalue weighted by Crippen LogP contribution is 2.02. The fraction of sp³-hybridized carbons (Fsp3) is 0.300. The van der Waals surface area contributed by atoms with Crippen molar-refractivity contribution >= 4 is 6.09 Å². The normalized spacial score (nSPS) is 9.62. The molecule has 0 spiro atoms. The summed E-state index contributed by atoms with van der Waals surface area (Å²) in [5, 5.41) is 10.5. The van der Waals surface area contributed by atoms with Gasteiger partial charge in [-0.15, -0.1) is 0 Å². The Kier molecular flexibility index (Phi) is 3.31. The summed E-state index contributed by atoms with van der Waals surface area (Å²) in [7, 11) is 0. The molecule has 70 valence electrons. The minimum Gasteiger partial charge on any atom is -0.530 e. The van der Waals surface area contributed by atoms with Gasteiger partial charge in [0, 0.05) is 13.1 Å². The molecule has 0 fully saturated rings. The predicted octanol–water partition coefficient (Wildman–Crippen LogP) is 0.852. The number of carbonyl (C=O) groups is 1. The maximum atomic E-state index is 10.5. The molecule has 0 aromatic heterocycles. The van der Waals surface area contributed by atoms with Crippen LogP contribution in [0.4, 0.5) is 4.79 Å². The second-order valence-corrected chi connectivity index (χ2v) is 2.77. The van der Waals surface area contributed by atoms with Crippen molar-refractivity contribution in [3.63, 3.8) is 0 Å². The monoisotopic (exact) mass is 178 g/mol. The van der Waals surface area contributed by atoms with Crippen LogP contribution in [0.3, 0.4) is 0 Å². The van der Waals surface area contributed by atoms with Crippen molar-refractivity contribution in [1.29, 1.82) is 0 Å². The molecular formula is C10H12NO2-. The Morgan fingerprint density at radius 3 is 2.46 bits per heavy atom. The summed E-state index contributed by atoms with van der Waals surface area (Å²) in [6.45, 7) is 2.65. The largest absolute Gasteiger partial charge is 0.530 e. The molecule has 0 heterocycles. The van der Waals surface area contributed by atoms with Crippen LogP contribution >= 0.6 is 0 Å². The van der Waals surface area contributed by atoms with Crippen molar-refractivity contribution < 1.29 is 9.90 Å². The molecule has 1 aromatic rings. The molecule has 0 aliphatic carbocycles. The maximum Gasteiger partial charge on any atom is 0.137 e. The lowest BCUT2D eigenvalue weighted by molar-refractivity contribution is -0.266. The highest BCUT2D eigenvalue weighted by atomic mass is 16.4. The van der Waals surface area contributed by atoms with Gasteiger partial charge in [-0.1, -0.05) is 30.3 Å². The summed E-state index contributed by atoms with van der Waals surface area (Å²) in [6.07, 6.45) is -1.12. The molecule has 1 aromatic carbocycles. The molecule has 1 rings (SSSR count). The lowest BCUT2D eigenvalue weighted by Gasteiger charge is -2.23. The number of hydrogen-bond donors (Lipinski definition) is 0. The van der Waals surface area contributed by atoms with Crippen LogP contribution in [-0.2, 0) is 6.54 Å². The Hall–Kier alpha value is -1.51. The number of hydrogen-bond acceptors (Lipinski definition) is 2. The lowest BCUT2D eigenvalue weighted by atomic mass is 10.2. The molecule has 3 heteroatoms.